The summed E-state index contributed by atoms with van der Waals surface area (Å²) in [5.74, 6) is 0.606. The van der Waals surface area contributed by atoms with Crippen LogP contribution in [0.15, 0.2) is 54.9 Å². The summed E-state index contributed by atoms with van der Waals surface area (Å²) in [6.07, 6.45) is 2.43. The fourth-order valence-corrected chi connectivity index (χ4v) is 4.17. The Morgan fingerprint density at radius 3 is 2.63 bits per heavy atom. The third kappa shape index (κ3) is 3.04. The van der Waals surface area contributed by atoms with Crippen LogP contribution in [0.25, 0.3) is 16.3 Å². The van der Waals surface area contributed by atoms with Gasteiger partial charge in [-0.05, 0) is 38.1 Å². The van der Waals surface area contributed by atoms with E-state index in [1.54, 1.807) is 29.0 Å². The Hall–Kier alpha value is -3.26. The Bertz CT molecular complexity index is 1090. The number of thiazole rings is 1. The number of hydrogen-bond acceptors (Lipinski definition) is 5. The van der Waals surface area contributed by atoms with Crippen molar-refractivity contribution in [1.29, 1.82) is 0 Å². The van der Waals surface area contributed by atoms with E-state index in [9.17, 15) is 9.90 Å². The third-order valence-electron chi connectivity index (χ3n) is 4.38. The van der Waals surface area contributed by atoms with Gasteiger partial charge in [0.2, 0.25) is 4.96 Å². The number of benzene rings is 1. The molecule has 7 nitrogen and oxygen atoms in total. The molecule has 0 bridgehead atoms. The summed E-state index contributed by atoms with van der Waals surface area (Å²) in [4.78, 5) is 23.6. The van der Waals surface area contributed by atoms with E-state index in [1.807, 2.05) is 44.2 Å². The van der Waals surface area contributed by atoms with Crippen LogP contribution >= 0.6 is 11.3 Å². The van der Waals surface area contributed by atoms with E-state index < -0.39 is 6.09 Å². The van der Waals surface area contributed by atoms with Crippen molar-refractivity contribution in [2.24, 2.45) is 0 Å². The van der Waals surface area contributed by atoms with Gasteiger partial charge in [-0.3, -0.25) is 9.88 Å². The molecule has 27 heavy (non-hydrogen) atoms. The van der Waals surface area contributed by atoms with Crippen molar-refractivity contribution < 1.29 is 9.90 Å². The Balaban J connectivity index is 1.74. The summed E-state index contributed by atoms with van der Waals surface area (Å²) in [7, 11) is 0. The first-order valence-electron chi connectivity index (χ1n) is 8.40. The molecule has 1 aromatic carbocycles. The molecule has 1 unspecified atom stereocenters. The zero-order valence-electron chi connectivity index (χ0n) is 14.8. The maximum absolute atomic E-state index is 11.9. The number of pyridine rings is 1. The molecule has 1 N–H and O–H groups in total. The molecule has 3 heterocycles. The van der Waals surface area contributed by atoms with Gasteiger partial charge in [-0.2, -0.15) is 4.98 Å². The Labute approximate surface area is 159 Å². The molecule has 0 aliphatic heterocycles. The number of amides is 1. The van der Waals surface area contributed by atoms with Crippen LogP contribution in [0.2, 0.25) is 0 Å². The Morgan fingerprint density at radius 1 is 1.22 bits per heavy atom. The molecule has 136 valence electrons. The zero-order chi connectivity index (χ0) is 19.0. The summed E-state index contributed by atoms with van der Waals surface area (Å²) in [6.45, 7) is 3.81. The zero-order valence-corrected chi connectivity index (χ0v) is 15.6. The molecule has 0 saturated carbocycles. The second-order valence-corrected chi connectivity index (χ2v) is 7.10. The lowest BCUT2D eigenvalue weighted by Crippen LogP contribution is -2.32. The minimum atomic E-state index is -0.997. The van der Waals surface area contributed by atoms with Crippen molar-refractivity contribution in [3.05, 3.63) is 65.4 Å². The van der Waals surface area contributed by atoms with Crippen LogP contribution in [-0.4, -0.2) is 30.8 Å². The number of para-hydroxylation sites is 1. The van der Waals surface area contributed by atoms with Crippen molar-refractivity contribution in [1.82, 2.24) is 19.6 Å². The molecule has 1 atom stereocenters. The fourth-order valence-electron chi connectivity index (χ4n) is 3.07. The monoisotopic (exact) mass is 379 g/mol. The van der Waals surface area contributed by atoms with Gasteiger partial charge < -0.3 is 5.11 Å². The van der Waals surface area contributed by atoms with Crippen molar-refractivity contribution >= 4 is 28.1 Å². The lowest BCUT2D eigenvalue weighted by atomic mass is 10.2. The standard InChI is InChI=1S/C19H17N5O2S/c1-12(23(19(25)26)15-8-4-3-5-9-15)16-13(2)24-18(27-16)21-17(22-24)14-7-6-10-20-11-14/h3-12H,1-2H3,(H,25,26). The van der Waals surface area contributed by atoms with Gasteiger partial charge in [0.1, 0.15) is 0 Å². The molecule has 0 aliphatic rings. The largest absolute Gasteiger partial charge is 0.465 e. The highest BCUT2D eigenvalue weighted by Gasteiger charge is 2.27. The molecule has 1 amide bonds. The van der Waals surface area contributed by atoms with Crippen LogP contribution in [0.4, 0.5) is 10.5 Å². The minimum Gasteiger partial charge on any atom is -0.465 e. The highest BCUT2D eigenvalue weighted by Crippen LogP contribution is 2.34. The first kappa shape index (κ1) is 17.2. The van der Waals surface area contributed by atoms with Gasteiger partial charge in [-0.25, -0.2) is 9.31 Å². The van der Waals surface area contributed by atoms with Crippen LogP contribution in [-0.2, 0) is 0 Å². The van der Waals surface area contributed by atoms with E-state index in [-0.39, 0.29) is 6.04 Å². The SMILES string of the molecule is Cc1c(C(C)N(C(=O)O)c2ccccc2)sc2nc(-c3cccnc3)nn12. The number of aromatic nitrogens is 4. The molecule has 4 aromatic rings. The molecule has 8 heteroatoms. The third-order valence-corrected chi connectivity index (χ3v) is 5.68. The number of anilines is 1. The normalized spacial score (nSPS) is 12.2. The highest BCUT2D eigenvalue weighted by molar-refractivity contribution is 7.17. The fraction of sp³-hybridized carbons (Fsp3) is 0.158. The molecular weight excluding hydrogens is 362 g/mol. The molecule has 0 saturated heterocycles. The van der Waals surface area contributed by atoms with Crippen molar-refractivity contribution in [2.75, 3.05) is 4.90 Å². The van der Waals surface area contributed by atoms with Gasteiger partial charge in [0, 0.05) is 23.6 Å². The predicted octanol–water partition coefficient (Wildman–Crippen LogP) is 4.41. The van der Waals surface area contributed by atoms with Gasteiger partial charge in [0.25, 0.3) is 0 Å². The number of carbonyl (C=O) groups is 1. The number of aryl methyl sites for hydroxylation is 1. The van der Waals surface area contributed by atoms with Gasteiger partial charge in [0.15, 0.2) is 5.82 Å². The number of rotatable bonds is 4. The first-order chi connectivity index (χ1) is 13.1. The smallest absolute Gasteiger partial charge is 0.412 e. The van der Waals surface area contributed by atoms with Crippen LogP contribution in [0.5, 0.6) is 0 Å². The van der Waals surface area contributed by atoms with Gasteiger partial charge >= 0.3 is 6.09 Å². The number of hydrogen-bond donors (Lipinski definition) is 1. The van der Waals surface area contributed by atoms with Gasteiger partial charge in [-0.1, -0.05) is 29.5 Å². The lowest BCUT2D eigenvalue weighted by Gasteiger charge is -2.26. The average Bonchev–Trinajstić information content (AvgIpc) is 3.23. The Kier molecular flexibility index (Phi) is 4.33. The summed E-state index contributed by atoms with van der Waals surface area (Å²) in [6, 6.07) is 12.5. The van der Waals surface area contributed by atoms with Crippen LogP contribution in [0.3, 0.4) is 0 Å². The summed E-state index contributed by atoms with van der Waals surface area (Å²) in [5, 5.41) is 14.3. The van der Waals surface area contributed by atoms with E-state index >= 15 is 0 Å². The predicted molar refractivity (Wildman–Crippen MR) is 104 cm³/mol. The molecule has 4 rings (SSSR count). The second kappa shape index (κ2) is 6.81. The molecule has 0 aliphatic carbocycles. The molecule has 0 fully saturated rings. The molecule has 0 spiro atoms. The topological polar surface area (TPSA) is 83.6 Å². The van der Waals surface area contributed by atoms with Crippen molar-refractivity contribution in [2.45, 2.75) is 19.9 Å². The summed E-state index contributed by atoms with van der Waals surface area (Å²) >= 11 is 1.45. The van der Waals surface area contributed by atoms with E-state index in [0.29, 0.717) is 11.5 Å². The van der Waals surface area contributed by atoms with Crippen LogP contribution in [0, 0.1) is 6.92 Å². The number of nitrogens with zero attached hydrogens (tertiary/aromatic N) is 5. The molecule has 0 radical (unpaired) electrons. The van der Waals surface area contributed by atoms with Gasteiger partial charge in [-0.15, -0.1) is 5.10 Å². The van der Waals surface area contributed by atoms with Gasteiger partial charge in [0.05, 0.1) is 16.6 Å². The number of fused-ring (bicyclic) bond motifs is 1. The van der Waals surface area contributed by atoms with E-state index in [2.05, 4.69) is 15.1 Å². The maximum atomic E-state index is 11.9. The molecule has 3 aromatic heterocycles. The average molecular weight is 379 g/mol. The van der Waals surface area contributed by atoms with E-state index in [0.717, 1.165) is 21.1 Å². The van der Waals surface area contributed by atoms with Crippen LogP contribution in [0.1, 0.15) is 23.5 Å². The molecular formula is C19H17N5O2S. The Morgan fingerprint density at radius 2 is 2.00 bits per heavy atom. The second-order valence-electron chi connectivity index (χ2n) is 6.09. The van der Waals surface area contributed by atoms with E-state index in [4.69, 9.17) is 0 Å². The minimum absolute atomic E-state index is 0.361. The van der Waals surface area contributed by atoms with Crippen LogP contribution < -0.4 is 4.90 Å². The number of carboxylic acid groups (broad SMARTS) is 1. The first-order valence-corrected chi connectivity index (χ1v) is 9.21. The highest BCUT2D eigenvalue weighted by atomic mass is 32.1. The quantitative estimate of drug-likeness (QED) is 0.568. The van der Waals surface area contributed by atoms with Crippen molar-refractivity contribution in [3.8, 4) is 11.4 Å². The van der Waals surface area contributed by atoms with Crippen molar-refractivity contribution in [3.63, 3.8) is 0 Å². The van der Waals surface area contributed by atoms with E-state index in [1.165, 1.54) is 16.2 Å². The maximum Gasteiger partial charge on any atom is 0.412 e. The summed E-state index contributed by atoms with van der Waals surface area (Å²) in [5.41, 5.74) is 2.36. The lowest BCUT2D eigenvalue weighted by molar-refractivity contribution is 0.199. The summed E-state index contributed by atoms with van der Waals surface area (Å²) < 4.78 is 1.77.